The van der Waals surface area contributed by atoms with E-state index in [1.54, 1.807) is 6.20 Å². The molecule has 1 aliphatic heterocycles. The van der Waals surface area contributed by atoms with E-state index in [0.29, 0.717) is 30.2 Å². The maximum atomic E-state index is 12.0. The van der Waals surface area contributed by atoms with E-state index in [0.717, 1.165) is 25.9 Å². The second-order valence-corrected chi connectivity index (χ2v) is 6.57. The molecule has 1 aromatic rings. The average Bonchev–Trinajstić information content (AvgIpc) is 2.94. The molecule has 0 spiro atoms. The summed E-state index contributed by atoms with van der Waals surface area (Å²) in [4.78, 5) is 14.4. The van der Waals surface area contributed by atoms with E-state index < -0.39 is 0 Å². The zero-order valence-electron chi connectivity index (χ0n) is 13.5. The molecular weight excluding hydrogens is 266 g/mol. The molecule has 1 unspecified atom stereocenters. The van der Waals surface area contributed by atoms with Crippen LogP contribution in [0.5, 0.6) is 0 Å². The zero-order chi connectivity index (χ0) is 15.4. The first-order valence-electron chi connectivity index (χ1n) is 7.91. The van der Waals surface area contributed by atoms with Crippen molar-refractivity contribution in [3.63, 3.8) is 0 Å². The monoisotopic (exact) mass is 293 g/mol. The molecule has 6 nitrogen and oxygen atoms in total. The van der Waals surface area contributed by atoms with Gasteiger partial charge < -0.3 is 5.32 Å². The Labute approximate surface area is 126 Å². The minimum absolute atomic E-state index is 0.133. The molecule has 6 heteroatoms. The number of rotatable bonds is 5. The summed E-state index contributed by atoms with van der Waals surface area (Å²) < 4.78 is 1.86. The second kappa shape index (κ2) is 7.02. The summed E-state index contributed by atoms with van der Waals surface area (Å²) in [5.74, 6) is 0.299. The number of likely N-dealkylation sites (tertiary alicyclic amines) is 1. The van der Waals surface area contributed by atoms with Gasteiger partial charge in [-0.15, -0.1) is 5.10 Å². The lowest BCUT2D eigenvalue weighted by Gasteiger charge is -2.35. The van der Waals surface area contributed by atoms with Crippen LogP contribution in [-0.4, -0.2) is 51.5 Å². The van der Waals surface area contributed by atoms with Crippen LogP contribution in [0.1, 0.15) is 57.1 Å². The van der Waals surface area contributed by atoms with Gasteiger partial charge >= 0.3 is 0 Å². The third kappa shape index (κ3) is 4.27. The first kappa shape index (κ1) is 15.9. The average molecular weight is 293 g/mol. The van der Waals surface area contributed by atoms with E-state index in [1.165, 1.54) is 0 Å². The van der Waals surface area contributed by atoms with Crippen molar-refractivity contribution in [3.8, 4) is 0 Å². The van der Waals surface area contributed by atoms with Gasteiger partial charge in [0.05, 0.1) is 12.2 Å². The molecule has 0 radical (unpaired) electrons. The third-order valence-corrected chi connectivity index (χ3v) is 3.95. The highest BCUT2D eigenvalue weighted by atomic mass is 16.2. The van der Waals surface area contributed by atoms with E-state index in [2.05, 4.69) is 48.2 Å². The zero-order valence-corrected chi connectivity index (χ0v) is 13.5. The topological polar surface area (TPSA) is 63.1 Å². The predicted octanol–water partition coefficient (Wildman–Crippen LogP) is 1.71. The van der Waals surface area contributed by atoms with Gasteiger partial charge in [-0.1, -0.05) is 19.1 Å². The molecule has 0 saturated carbocycles. The first-order chi connectivity index (χ1) is 9.97. The fourth-order valence-corrected chi connectivity index (χ4v) is 2.61. The summed E-state index contributed by atoms with van der Waals surface area (Å²) in [6, 6.07) is 0.866. The normalized spacial score (nSPS) is 20.2. The lowest BCUT2D eigenvalue weighted by Crippen LogP contribution is -2.40. The van der Waals surface area contributed by atoms with Gasteiger partial charge in [-0.25, -0.2) is 4.68 Å². The number of carbonyl (C=O) groups excluding carboxylic acids is 1. The maximum absolute atomic E-state index is 12.0. The Balaban J connectivity index is 1.97. The van der Waals surface area contributed by atoms with E-state index in [4.69, 9.17) is 0 Å². The van der Waals surface area contributed by atoms with Gasteiger partial charge in [-0.05, 0) is 39.2 Å². The van der Waals surface area contributed by atoms with Crippen LogP contribution in [0.2, 0.25) is 0 Å². The SMILES string of the molecule is CC(C)CNC(=O)c1cn(C2CCCN(C(C)C)C2)nn1. The number of piperidine rings is 1. The number of hydrogen-bond donors (Lipinski definition) is 1. The molecule has 1 N–H and O–H groups in total. The van der Waals surface area contributed by atoms with E-state index in [1.807, 2.05) is 4.68 Å². The van der Waals surface area contributed by atoms with Crippen LogP contribution in [0, 0.1) is 5.92 Å². The highest BCUT2D eigenvalue weighted by Crippen LogP contribution is 2.22. The second-order valence-electron chi connectivity index (χ2n) is 6.57. The van der Waals surface area contributed by atoms with Gasteiger partial charge in [0.15, 0.2) is 5.69 Å². The molecule has 0 bridgehead atoms. The fourth-order valence-electron chi connectivity index (χ4n) is 2.61. The van der Waals surface area contributed by atoms with Crippen LogP contribution >= 0.6 is 0 Å². The molecule has 0 aliphatic carbocycles. The quantitative estimate of drug-likeness (QED) is 0.897. The van der Waals surface area contributed by atoms with Gasteiger partial charge in [0.25, 0.3) is 5.91 Å². The summed E-state index contributed by atoms with van der Waals surface area (Å²) in [5, 5.41) is 11.1. The van der Waals surface area contributed by atoms with E-state index in [9.17, 15) is 4.79 Å². The van der Waals surface area contributed by atoms with Gasteiger partial charge in [-0.2, -0.15) is 0 Å². The molecule has 1 aliphatic rings. The highest BCUT2D eigenvalue weighted by molar-refractivity contribution is 5.91. The Morgan fingerprint density at radius 3 is 2.86 bits per heavy atom. The minimum atomic E-state index is -0.133. The van der Waals surface area contributed by atoms with Crippen molar-refractivity contribution in [1.29, 1.82) is 0 Å². The van der Waals surface area contributed by atoms with Crippen molar-refractivity contribution < 1.29 is 4.79 Å². The summed E-state index contributed by atoms with van der Waals surface area (Å²) in [6.07, 6.45) is 4.04. The molecule has 21 heavy (non-hydrogen) atoms. The van der Waals surface area contributed by atoms with Gasteiger partial charge in [-0.3, -0.25) is 9.69 Å². The largest absolute Gasteiger partial charge is 0.350 e. The molecule has 1 fully saturated rings. The standard InChI is InChI=1S/C15H27N5O/c1-11(2)8-16-15(21)14-10-20(18-17-14)13-6-5-7-19(9-13)12(3)4/h10-13H,5-9H2,1-4H3,(H,16,21). The third-order valence-electron chi connectivity index (χ3n) is 3.95. The van der Waals surface area contributed by atoms with Crippen LogP contribution in [-0.2, 0) is 0 Å². The summed E-state index contributed by atoms with van der Waals surface area (Å²) in [6.45, 7) is 11.4. The molecule has 0 aromatic carbocycles. The number of nitrogens with one attached hydrogen (secondary N) is 1. The molecule has 1 aromatic heterocycles. The van der Waals surface area contributed by atoms with Gasteiger partial charge in [0, 0.05) is 19.1 Å². The highest BCUT2D eigenvalue weighted by Gasteiger charge is 2.24. The molecule has 1 amide bonds. The number of amides is 1. The first-order valence-corrected chi connectivity index (χ1v) is 7.91. The van der Waals surface area contributed by atoms with Crippen LogP contribution in [0.3, 0.4) is 0 Å². The minimum Gasteiger partial charge on any atom is -0.350 e. The summed E-state index contributed by atoms with van der Waals surface area (Å²) in [7, 11) is 0. The molecular formula is C15H27N5O. The Kier molecular flexibility index (Phi) is 5.33. The lowest BCUT2D eigenvalue weighted by molar-refractivity contribution is 0.0943. The lowest BCUT2D eigenvalue weighted by atomic mass is 10.0. The number of hydrogen-bond acceptors (Lipinski definition) is 4. The molecule has 1 saturated heterocycles. The van der Waals surface area contributed by atoms with Crippen LogP contribution in [0.25, 0.3) is 0 Å². The molecule has 2 rings (SSSR count). The fraction of sp³-hybridized carbons (Fsp3) is 0.800. The number of aromatic nitrogens is 3. The molecule has 1 atom stereocenters. The van der Waals surface area contributed by atoms with Crippen LogP contribution < -0.4 is 5.32 Å². The Bertz CT molecular complexity index is 468. The van der Waals surface area contributed by atoms with Crippen LogP contribution in [0.15, 0.2) is 6.20 Å². The van der Waals surface area contributed by atoms with Crippen molar-refractivity contribution in [1.82, 2.24) is 25.2 Å². The van der Waals surface area contributed by atoms with Crippen molar-refractivity contribution >= 4 is 5.91 Å². The van der Waals surface area contributed by atoms with Gasteiger partial charge in [0.1, 0.15) is 0 Å². The molecule has 2 heterocycles. The Morgan fingerprint density at radius 2 is 2.19 bits per heavy atom. The van der Waals surface area contributed by atoms with Gasteiger partial charge in [0.2, 0.25) is 0 Å². The maximum Gasteiger partial charge on any atom is 0.273 e. The van der Waals surface area contributed by atoms with E-state index >= 15 is 0 Å². The summed E-state index contributed by atoms with van der Waals surface area (Å²) in [5.41, 5.74) is 0.414. The number of carbonyl (C=O) groups is 1. The Hall–Kier alpha value is -1.43. The van der Waals surface area contributed by atoms with Crippen molar-refractivity contribution in [2.45, 2.75) is 52.6 Å². The van der Waals surface area contributed by atoms with Crippen molar-refractivity contribution in [2.24, 2.45) is 5.92 Å². The predicted molar refractivity (Wildman–Crippen MR) is 82.2 cm³/mol. The number of nitrogens with zero attached hydrogens (tertiary/aromatic N) is 4. The van der Waals surface area contributed by atoms with Crippen LogP contribution in [0.4, 0.5) is 0 Å². The Morgan fingerprint density at radius 1 is 1.43 bits per heavy atom. The van der Waals surface area contributed by atoms with Crippen molar-refractivity contribution in [3.05, 3.63) is 11.9 Å². The summed E-state index contributed by atoms with van der Waals surface area (Å²) >= 11 is 0. The van der Waals surface area contributed by atoms with E-state index in [-0.39, 0.29) is 5.91 Å². The smallest absolute Gasteiger partial charge is 0.273 e. The van der Waals surface area contributed by atoms with Crippen molar-refractivity contribution in [2.75, 3.05) is 19.6 Å². The molecule has 118 valence electrons.